The number of carbonyl (C=O) groups is 4. The molecule has 2 saturated heterocycles. The van der Waals surface area contributed by atoms with Crippen LogP contribution in [-0.2, 0) is 19.1 Å². The Morgan fingerprint density at radius 1 is 1.16 bits per heavy atom. The molecule has 0 aliphatic carbocycles. The van der Waals surface area contributed by atoms with E-state index in [1.807, 2.05) is 18.2 Å². The van der Waals surface area contributed by atoms with E-state index in [1.165, 1.54) is 7.11 Å². The number of nitrogens with zero attached hydrogens (tertiary/aromatic N) is 2. The zero-order chi connectivity index (χ0) is 26.4. The number of imide groups is 1. The van der Waals surface area contributed by atoms with E-state index in [0.29, 0.717) is 52.6 Å². The molecule has 2 aliphatic heterocycles. The topological polar surface area (TPSA) is 114 Å². The molecule has 2 aromatic rings. The van der Waals surface area contributed by atoms with E-state index in [4.69, 9.17) is 14.2 Å². The summed E-state index contributed by atoms with van der Waals surface area (Å²) in [5.41, 5.74) is 1.26. The first-order valence-electron chi connectivity index (χ1n) is 11.3. The van der Waals surface area contributed by atoms with Crippen LogP contribution in [0.5, 0.6) is 11.5 Å². The number of amides is 4. The van der Waals surface area contributed by atoms with E-state index < -0.39 is 11.1 Å². The Morgan fingerprint density at radius 3 is 2.59 bits per heavy atom. The molecule has 12 heteroatoms. The maximum absolute atomic E-state index is 12.9. The molecule has 10 nitrogen and oxygen atoms in total. The standard InChI is InChI=1S/C25H24IN3O7S/c1-34-19-12-16(11-18(26)23(19)36-15-21(30)27-17-5-3-2-4-6-17)13-20-24(32)29(25(33)37-20)14-22(31)28-7-9-35-10-8-28/h2-6,11-13H,7-10,14-15H2,1H3,(H,27,30)/b20-13-. The average Bonchev–Trinajstić information content (AvgIpc) is 3.16. The largest absolute Gasteiger partial charge is 0.493 e. The van der Waals surface area contributed by atoms with Gasteiger partial charge in [0.15, 0.2) is 18.1 Å². The highest BCUT2D eigenvalue weighted by Gasteiger charge is 2.37. The summed E-state index contributed by atoms with van der Waals surface area (Å²) in [4.78, 5) is 52.9. The molecule has 0 radical (unpaired) electrons. The summed E-state index contributed by atoms with van der Waals surface area (Å²) in [5.74, 6) is -0.391. The molecule has 2 fully saturated rings. The third-order valence-corrected chi connectivity index (χ3v) is 7.19. The molecule has 4 rings (SSSR count). The molecule has 0 atom stereocenters. The van der Waals surface area contributed by atoms with Gasteiger partial charge < -0.3 is 24.4 Å². The first-order chi connectivity index (χ1) is 17.9. The molecule has 37 heavy (non-hydrogen) atoms. The number of nitrogens with one attached hydrogen (secondary N) is 1. The van der Waals surface area contributed by atoms with Crippen LogP contribution in [0.1, 0.15) is 5.56 Å². The number of hydrogen-bond donors (Lipinski definition) is 1. The number of rotatable bonds is 8. The SMILES string of the molecule is COc1cc(/C=C2\SC(=O)N(CC(=O)N3CCOCC3)C2=O)cc(I)c1OCC(=O)Nc1ccccc1. The minimum atomic E-state index is -0.525. The number of anilines is 1. The number of methoxy groups -OCH3 is 1. The number of halogens is 1. The lowest BCUT2D eigenvalue weighted by atomic mass is 10.2. The molecular formula is C25H24IN3O7S. The Balaban J connectivity index is 1.43. The molecule has 4 amide bonds. The van der Waals surface area contributed by atoms with E-state index in [1.54, 1.807) is 35.2 Å². The van der Waals surface area contributed by atoms with Gasteiger partial charge in [-0.05, 0) is 70.3 Å². The average molecular weight is 637 g/mol. The molecule has 194 valence electrons. The third kappa shape index (κ3) is 6.81. The van der Waals surface area contributed by atoms with Crippen LogP contribution >= 0.6 is 34.4 Å². The van der Waals surface area contributed by atoms with Crippen LogP contribution < -0.4 is 14.8 Å². The molecule has 0 saturated carbocycles. The van der Waals surface area contributed by atoms with Crippen molar-refractivity contribution >= 4 is 69.1 Å². The van der Waals surface area contributed by atoms with E-state index in [0.717, 1.165) is 16.7 Å². The first kappa shape index (κ1) is 26.9. The van der Waals surface area contributed by atoms with Gasteiger partial charge in [0.05, 0.1) is 28.8 Å². The van der Waals surface area contributed by atoms with Crippen LogP contribution in [0.3, 0.4) is 0 Å². The van der Waals surface area contributed by atoms with Gasteiger partial charge in [-0.25, -0.2) is 0 Å². The molecule has 0 aromatic heterocycles. The molecule has 0 unspecified atom stereocenters. The van der Waals surface area contributed by atoms with Gasteiger partial charge in [-0.3, -0.25) is 24.1 Å². The summed E-state index contributed by atoms with van der Waals surface area (Å²) in [5, 5.41) is 2.25. The van der Waals surface area contributed by atoms with Crippen LogP contribution in [0.25, 0.3) is 6.08 Å². The van der Waals surface area contributed by atoms with Crippen molar-refractivity contribution < 1.29 is 33.4 Å². The number of ether oxygens (including phenoxy) is 3. The van der Waals surface area contributed by atoms with Gasteiger partial charge in [0.25, 0.3) is 17.1 Å². The fourth-order valence-electron chi connectivity index (χ4n) is 3.66. The Bertz CT molecular complexity index is 1230. The summed E-state index contributed by atoms with van der Waals surface area (Å²) in [6.07, 6.45) is 1.57. The summed E-state index contributed by atoms with van der Waals surface area (Å²) < 4.78 is 17.1. The van der Waals surface area contributed by atoms with Gasteiger partial charge in [-0.1, -0.05) is 18.2 Å². The maximum atomic E-state index is 12.9. The Morgan fingerprint density at radius 2 is 1.89 bits per heavy atom. The van der Waals surface area contributed by atoms with Gasteiger partial charge in [-0.15, -0.1) is 0 Å². The monoisotopic (exact) mass is 637 g/mol. The number of para-hydroxylation sites is 1. The second kappa shape index (κ2) is 12.4. The Hall–Kier alpha value is -3.10. The molecular weight excluding hydrogens is 613 g/mol. The van der Waals surface area contributed by atoms with Crippen molar-refractivity contribution in [2.75, 3.05) is 51.9 Å². The molecule has 0 bridgehead atoms. The van der Waals surface area contributed by atoms with Gasteiger partial charge in [0.1, 0.15) is 6.54 Å². The van der Waals surface area contributed by atoms with Crippen molar-refractivity contribution in [3.05, 3.63) is 56.5 Å². The van der Waals surface area contributed by atoms with Crippen molar-refractivity contribution in [1.29, 1.82) is 0 Å². The van der Waals surface area contributed by atoms with Gasteiger partial charge in [-0.2, -0.15) is 0 Å². The number of thioether (sulfide) groups is 1. The highest BCUT2D eigenvalue weighted by atomic mass is 127. The molecule has 2 aliphatic rings. The van der Waals surface area contributed by atoms with Gasteiger partial charge >= 0.3 is 0 Å². The van der Waals surface area contributed by atoms with E-state index in [9.17, 15) is 19.2 Å². The highest BCUT2D eigenvalue weighted by molar-refractivity contribution is 14.1. The summed E-state index contributed by atoms with van der Waals surface area (Å²) in [6.45, 7) is 1.21. The van der Waals surface area contributed by atoms with Gasteiger partial charge in [0, 0.05) is 18.8 Å². The summed E-state index contributed by atoms with van der Waals surface area (Å²) in [7, 11) is 1.47. The zero-order valence-electron chi connectivity index (χ0n) is 19.9. The first-order valence-corrected chi connectivity index (χ1v) is 13.2. The lowest BCUT2D eigenvalue weighted by Crippen LogP contribution is -2.46. The zero-order valence-corrected chi connectivity index (χ0v) is 22.9. The minimum absolute atomic E-state index is 0.202. The fourth-order valence-corrected chi connectivity index (χ4v) is 5.27. The fraction of sp³-hybridized carbons (Fsp3) is 0.280. The number of hydrogen-bond acceptors (Lipinski definition) is 8. The minimum Gasteiger partial charge on any atom is -0.493 e. The highest BCUT2D eigenvalue weighted by Crippen LogP contribution is 2.37. The summed E-state index contributed by atoms with van der Waals surface area (Å²) >= 11 is 2.83. The molecule has 0 spiro atoms. The quantitative estimate of drug-likeness (QED) is 0.347. The smallest absolute Gasteiger partial charge is 0.294 e. The van der Waals surface area contributed by atoms with E-state index in [-0.39, 0.29) is 29.9 Å². The predicted molar refractivity (Wildman–Crippen MR) is 146 cm³/mol. The second-order valence-electron chi connectivity index (χ2n) is 8.00. The van der Waals surface area contributed by atoms with Crippen molar-refractivity contribution in [2.45, 2.75) is 0 Å². The number of benzene rings is 2. The van der Waals surface area contributed by atoms with Crippen molar-refractivity contribution in [3.8, 4) is 11.5 Å². The number of morpholine rings is 1. The van der Waals surface area contributed by atoms with Crippen LogP contribution in [0.15, 0.2) is 47.4 Å². The maximum Gasteiger partial charge on any atom is 0.294 e. The third-order valence-electron chi connectivity index (χ3n) is 5.49. The van der Waals surface area contributed by atoms with Crippen LogP contribution in [0.2, 0.25) is 0 Å². The van der Waals surface area contributed by atoms with Crippen molar-refractivity contribution in [3.63, 3.8) is 0 Å². The number of carbonyl (C=O) groups excluding carboxylic acids is 4. The van der Waals surface area contributed by atoms with Crippen LogP contribution in [0, 0.1) is 3.57 Å². The normalized spacial score (nSPS) is 16.8. The van der Waals surface area contributed by atoms with Crippen LogP contribution in [0.4, 0.5) is 10.5 Å². The lowest BCUT2D eigenvalue weighted by Gasteiger charge is -2.28. The Kier molecular flexibility index (Phi) is 9.05. The predicted octanol–water partition coefficient (Wildman–Crippen LogP) is 3.21. The van der Waals surface area contributed by atoms with Crippen LogP contribution in [-0.4, -0.2) is 79.3 Å². The molecule has 2 heterocycles. The van der Waals surface area contributed by atoms with E-state index in [2.05, 4.69) is 27.9 Å². The Labute approximate surface area is 231 Å². The van der Waals surface area contributed by atoms with Gasteiger partial charge in [0.2, 0.25) is 5.91 Å². The summed E-state index contributed by atoms with van der Waals surface area (Å²) in [6, 6.07) is 12.4. The second-order valence-corrected chi connectivity index (χ2v) is 10.2. The molecule has 2 aromatic carbocycles. The van der Waals surface area contributed by atoms with Crippen molar-refractivity contribution in [2.24, 2.45) is 0 Å². The van der Waals surface area contributed by atoms with Crippen molar-refractivity contribution in [1.82, 2.24) is 9.80 Å². The van der Waals surface area contributed by atoms with E-state index >= 15 is 0 Å². The lowest BCUT2D eigenvalue weighted by molar-refractivity contribution is -0.139. The molecule has 1 N–H and O–H groups in total.